The van der Waals surface area contributed by atoms with Crippen LogP contribution in [0.3, 0.4) is 0 Å². The highest BCUT2D eigenvalue weighted by Gasteiger charge is 2.35. The second-order valence-electron chi connectivity index (χ2n) is 6.37. The summed E-state index contributed by atoms with van der Waals surface area (Å²) in [6.07, 6.45) is 0.557. The van der Waals surface area contributed by atoms with Crippen LogP contribution in [0.5, 0.6) is 0 Å². The van der Waals surface area contributed by atoms with Gasteiger partial charge in [0.05, 0.1) is 10.6 Å². The molecule has 2 aromatic rings. The second kappa shape index (κ2) is 10.9. The van der Waals surface area contributed by atoms with Gasteiger partial charge >= 0.3 is 0 Å². The first kappa shape index (κ1) is 24.4. The molecular weight excluding hydrogens is 454 g/mol. The number of carbonyl (C=O) groups is 1. The minimum Gasteiger partial charge on any atom is -0.382 e. The maximum atomic E-state index is 14.6. The lowest BCUT2D eigenvalue weighted by Crippen LogP contribution is -2.48. The van der Waals surface area contributed by atoms with Crippen LogP contribution in [-0.2, 0) is 19.6 Å². The van der Waals surface area contributed by atoms with Crippen LogP contribution >= 0.6 is 23.2 Å². The van der Waals surface area contributed by atoms with Gasteiger partial charge in [0.2, 0.25) is 5.91 Å². The molecule has 1 N–H and O–H groups in total. The maximum Gasteiger partial charge on any atom is 0.265 e. The summed E-state index contributed by atoms with van der Waals surface area (Å²) in [6.45, 7) is 4.55. The molecule has 0 saturated carbocycles. The number of carbonyl (C=O) groups excluding carboxylic acids is 1. The van der Waals surface area contributed by atoms with Crippen molar-refractivity contribution in [3.63, 3.8) is 0 Å². The smallest absolute Gasteiger partial charge is 0.265 e. The molecule has 0 unspecified atom stereocenters. The summed E-state index contributed by atoms with van der Waals surface area (Å²) >= 11 is 11.8. The molecule has 2 rings (SSSR count). The van der Waals surface area contributed by atoms with Gasteiger partial charge in [0.1, 0.15) is 11.9 Å². The largest absolute Gasteiger partial charge is 0.382 e. The summed E-state index contributed by atoms with van der Waals surface area (Å²) in [5.74, 6) is -1.41. The molecule has 0 spiro atoms. The number of nitrogens with one attached hydrogen (secondary N) is 1. The van der Waals surface area contributed by atoms with Crippen molar-refractivity contribution in [3.8, 4) is 0 Å². The molecule has 0 bridgehead atoms. The summed E-state index contributed by atoms with van der Waals surface area (Å²) in [5, 5.41) is 3.13. The zero-order valence-electron chi connectivity index (χ0n) is 16.6. The van der Waals surface area contributed by atoms with E-state index in [2.05, 4.69) is 5.32 Å². The SMILES string of the molecule is CCOCCCNC(=O)[C@@H](C)N(c1cc(Cl)ccc1F)S(=O)(=O)c1ccc(Cl)cc1. The molecule has 0 aliphatic heterocycles. The highest BCUT2D eigenvalue weighted by atomic mass is 35.5. The van der Waals surface area contributed by atoms with Crippen LogP contribution in [0.2, 0.25) is 10.0 Å². The first-order valence-electron chi connectivity index (χ1n) is 9.29. The Morgan fingerprint density at radius 2 is 1.80 bits per heavy atom. The van der Waals surface area contributed by atoms with E-state index in [1.807, 2.05) is 6.92 Å². The number of ether oxygens (including phenoxy) is 1. The van der Waals surface area contributed by atoms with E-state index < -0.39 is 27.8 Å². The van der Waals surface area contributed by atoms with Crippen LogP contribution in [0.1, 0.15) is 20.3 Å². The Kier molecular flexibility index (Phi) is 8.91. The van der Waals surface area contributed by atoms with Gasteiger partial charge in [-0.05, 0) is 62.7 Å². The van der Waals surface area contributed by atoms with E-state index in [1.54, 1.807) is 0 Å². The number of nitrogens with zero attached hydrogens (tertiary/aromatic N) is 1. The molecule has 1 amide bonds. The average Bonchev–Trinajstić information content (AvgIpc) is 2.70. The highest BCUT2D eigenvalue weighted by molar-refractivity contribution is 7.93. The summed E-state index contributed by atoms with van der Waals surface area (Å²) < 4.78 is 47.2. The highest BCUT2D eigenvalue weighted by Crippen LogP contribution is 2.31. The predicted octanol–water partition coefficient (Wildman–Crippen LogP) is 4.26. The van der Waals surface area contributed by atoms with Crippen LogP contribution in [0, 0.1) is 5.82 Å². The number of hydrogen-bond donors (Lipinski definition) is 1. The third-order valence-corrected chi connectivity index (χ3v) is 6.60. The zero-order chi connectivity index (χ0) is 22.3. The van der Waals surface area contributed by atoms with Crippen molar-refractivity contribution < 1.29 is 22.3 Å². The van der Waals surface area contributed by atoms with Crippen LogP contribution in [-0.4, -0.2) is 40.1 Å². The van der Waals surface area contributed by atoms with Gasteiger partial charge in [0, 0.05) is 29.8 Å². The lowest BCUT2D eigenvalue weighted by Gasteiger charge is -2.30. The Labute approximate surface area is 186 Å². The number of benzene rings is 2. The van der Waals surface area contributed by atoms with Crippen molar-refractivity contribution >= 4 is 44.8 Å². The van der Waals surface area contributed by atoms with Gasteiger partial charge in [0.15, 0.2) is 0 Å². The van der Waals surface area contributed by atoms with Gasteiger partial charge in [0.25, 0.3) is 10.0 Å². The van der Waals surface area contributed by atoms with E-state index in [0.29, 0.717) is 24.7 Å². The Morgan fingerprint density at radius 3 is 2.43 bits per heavy atom. The zero-order valence-corrected chi connectivity index (χ0v) is 18.9. The lowest BCUT2D eigenvalue weighted by atomic mass is 10.2. The minimum atomic E-state index is -4.30. The monoisotopic (exact) mass is 476 g/mol. The first-order chi connectivity index (χ1) is 14.2. The van der Waals surface area contributed by atoms with E-state index >= 15 is 0 Å². The van der Waals surface area contributed by atoms with Gasteiger partial charge in [-0.25, -0.2) is 12.8 Å². The van der Waals surface area contributed by atoms with Gasteiger partial charge in [-0.15, -0.1) is 0 Å². The quantitative estimate of drug-likeness (QED) is 0.519. The molecular formula is C20H23Cl2FN2O4S. The molecule has 2 aromatic carbocycles. The molecule has 0 heterocycles. The van der Waals surface area contributed by atoms with E-state index in [1.165, 1.54) is 43.3 Å². The average molecular weight is 477 g/mol. The fourth-order valence-electron chi connectivity index (χ4n) is 2.71. The molecule has 0 saturated heterocycles. The van der Waals surface area contributed by atoms with E-state index in [9.17, 15) is 17.6 Å². The fraction of sp³-hybridized carbons (Fsp3) is 0.350. The van der Waals surface area contributed by atoms with Crippen molar-refractivity contribution in [1.82, 2.24) is 5.32 Å². The third kappa shape index (κ3) is 6.07. The molecule has 0 fully saturated rings. The molecule has 0 aliphatic carbocycles. The van der Waals surface area contributed by atoms with Crippen LogP contribution in [0.25, 0.3) is 0 Å². The summed E-state index contributed by atoms with van der Waals surface area (Å²) in [4.78, 5) is 12.5. The molecule has 164 valence electrons. The Morgan fingerprint density at radius 1 is 1.17 bits per heavy atom. The maximum absolute atomic E-state index is 14.6. The predicted molar refractivity (Wildman–Crippen MR) is 116 cm³/mol. The van der Waals surface area contributed by atoms with E-state index in [0.717, 1.165) is 10.4 Å². The molecule has 1 atom stereocenters. The number of hydrogen-bond acceptors (Lipinski definition) is 4. The molecule has 10 heteroatoms. The molecule has 6 nitrogen and oxygen atoms in total. The van der Waals surface area contributed by atoms with Crippen molar-refractivity contribution in [1.29, 1.82) is 0 Å². The minimum absolute atomic E-state index is 0.132. The fourth-order valence-corrected chi connectivity index (χ4v) is 4.62. The van der Waals surface area contributed by atoms with Gasteiger partial charge in [-0.2, -0.15) is 0 Å². The van der Waals surface area contributed by atoms with Crippen molar-refractivity contribution in [2.45, 2.75) is 31.2 Å². The second-order valence-corrected chi connectivity index (χ2v) is 9.06. The molecule has 0 aliphatic rings. The van der Waals surface area contributed by atoms with E-state index in [-0.39, 0.29) is 22.2 Å². The topological polar surface area (TPSA) is 75.7 Å². The molecule has 0 radical (unpaired) electrons. The summed E-state index contributed by atoms with van der Waals surface area (Å²) in [6, 6.07) is 7.66. The number of rotatable bonds is 10. The Balaban J connectivity index is 2.40. The number of sulfonamides is 1. The van der Waals surface area contributed by atoms with Crippen molar-refractivity contribution in [2.24, 2.45) is 0 Å². The van der Waals surface area contributed by atoms with Crippen LogP contribution in [0.15, 0.2) is 47.4 Å². The number of halogens is 3. The standard InChI is InChI=1S/C20H23Cl2FN2O4S/c1-3-29-12-4-11-24-20(26)14(2)25(19-13-16(22)7-10-18(19)23)30(27,28)17-8-5-15(21)6-9-17/h5-10,13-14H,3-4,11-12H2,1-2H3,(H,24,26)/t14-/m1/s1. The van der Waals surface area contributed by atoms with E-state index in [4.69, 9.17) is 27.9 Å². The first-order valence-corrected chi connectivity index (χ1v) is 11.5. The summed E-state index contributed by atoms with van der Waals surface area (Å²) in [7, 11) is -4.30. The molecule has 0 aromatic heterocycles. The Bertz CT molecular complexity index is 971. The van der Waals surface area contributed by atoms with Crippen molar-refractivity contribution in [3.05, 3.63) is 58.3 Å². The van der Waals surface area contributed by atoms with Gasteiger partial charge in [-0.1, -0.05) is 23.2 Å². The number of amides is 1. The normalized spacial score (nSPS) is 12.4. The van der Waals surface area contributed by atoms with Gasteiger partial charge < -0.3 is 10.1 Å². The third-order valence-electron chi connectivity index (χ3n) is 4.22. The van der Waals surface area contributed by atoms with Crippen LogP contribution in [0.4, 0.5) is 10.1 Å². The summed E-state index contributed by atoms with van der Waals surface area (Å²) in [5.41, 5.74) is -0.325. The van der Waals surface area contributed by atoms with Crippen molar-refractivity contribution in [2.75, 3.05) is 24.1 Å². The lowest BCUT2D eigenvalue weighted by molar-refractivity contribution is -0.121. The number of anilines is 1. The van der Waals surface area contributed by atoms with Gasteiger partial charge in [-0.3, -0.25) is 9.10 Å². The molecule has 30 heavy (non-hydrogen) atoms. The van der Waals surface area contributed by atoms with Crippen LogP contribution < -0.4 is 9.62 Å². The Hall–Kier alpha value is -1.87.